The molecule has 1 aromatic rings. The van der Waals surface area contributed by atoms with Gasteiger partial charge in [-0.3, -0.25) is 14.5 Å². The lowest BCUT2D eigenvalue weighted by atomic mass is 9.93. The lowest BCUT2D eigenvalue weighted by Gasteiger charge is -2.34. The average Bonchev–Trinajstić information content (AvgIpc) is 2.62. The third-order valence-corrected chi connectivity index (χ3v) is 5.17. The van der Waals surface area contributed by atoms with Gasteiger partial charge in [0, 0.05) is 13.1 Å². The molecule has 0 radical (unpaired) electrons. The second-order valence-electron chi connectivity index (χ2n) is 7.00. The van der Waals surface area contributed by atoms with Crippen LogP contribution in [0.4, 0.5) is 0 Å². The fraction of sp³-hybridized carbons (Fsp3) is 0.500. The lowest BCUT2D eigenvalue weighted by Crippen LogP contribution is -2.51. The minimum Gasteiger partial charge on any atom is -0.368 e. The zero-order chi connectivity index (χ0) is 17.6. The Morgan fingerprint density at radius 3 is 2.72 bits per heavy atom. The molecular weight excluding hydrogens is 314 g/mol. The van der Waals surface area contributed by atoms with Crippen LogP contribution in [0.5, 0.6) is 0 Å². The highest BCUT2D eigenvalue weighted by molar-refractivity contribution is 5.83. The normalized spacial score (nSPS) is 20.5. The maximum atomic E-state index is 12.3. The molecule has 0 aromatic heterocycles. The van der Waals surface area contributed by atoms with Gasteiger partial charge in [-0.25, -0.2) is 0 Å². The van der Waals surface area contributed by atoms with E-state index < -0.39 is 6.04 Å². The van der Waals surface area contributed by atoms with Crippen molar-refractivity contribution in [2.24, 2.45) is 5.73 Å². The van der Waals surface area contributed by atoms with Crippen molar-refractivity contribution in [1.29, 1.82) is 0 Å². The van der Waals surface area contributed by atoms with Crippen LogP contribution in [0.15, 0.2) is 35.9 Å². The van der Waals surface area contributed by atoms with Gasteiger partial charge in [-0.15, -0.1) is 0 Å². The highest BCUT2D eigenvalue weighted by Crippen LogP contribution is 2.23. The van der Waals surface area contributed by atoms with Gasteiger partial charge in [0.1, 0.15) is 0 Å². The molecule has 1 aromatic carbocycles. The smallest absolute Gasteiger partial charge is 0.235 e. The second-order valence-corrected chi connectivity index (χ2v) is 7.00. The van der Waals surface area contributed by atoms with Crippen LogP contribution < -0.4 is 11.1 Å². The van der Waals surface area contributed by atoms with Crippen molar-refractivity contribution in [3.05, 3.63) is 47.0 Å². The molecule has 3 N–H and O–H groups in total. The van der Waals surface area contributed by atoms with Crippen LogP contribution in [0.3, 0.4) is 0 Å². The van der Waals surface area contributed by atoms with Gasteiger partial charge in [-0.05, 0) is 49.7 Å². The monoisotopic (exact) mass is 341 g/mol. The van der Waals surface area contributed by atoms with Crippen LogP contribution in [0.1, 0.15) is 43.2 Å². The first-order valence-corrected chi connectivity index (χ1v) is 9.18. The molecule has 1 heterocycles. The lowest BCUT2D eigenvalue weighted by molar-refractivity contribution is -0.127. The number of allylic oxidation sites excluding steroid dienone is 1. The summed E-state index contributed by atoms with van der Waals surface area (Å²) in [4.78, 5) is 26.0. The van der Waals surface area contributed by atoms with Crippen LogP contribution in [0, 0.1) is 0 Å². The summed E-state index contributed by atoms with van der Waals surface area (Å²) in [6, 6.07) is 7.62. The molecule has 0 saturated heterocycles. The summed E-state index contributed by atoms with van der Waals surface area (Å²) in [7, 11) is 0. The standard InChI is InChI=1S/C20H27N3O2/c21-20(25)18-12-16-8-4-5-9-17(16)13-23(18)14-19(24)22-11-10-15-6-2-1-3-7-15/h4-6,8-9,18H,1-3,7,10-14H2,(H2,21,25)(H,22,24). The van der Waals surface area contributed by atoms with E-state index in [1.54, 1.807) is 0 Å². The molecule has 5 heteroatoms. The van der Waals surface area contributed by atoms with Crippen LogP contribution in [0.25, 0.3) is 0 Å². The van der Waals surface area contributed by atoms with Crippen LogP contribution in [-0.2, 0) is 22.6 Å². The number of carbonyl (C=O) groups is 2. The summed E-state index contributed by atoms with van der Waals surface area (Å²) in [5.41, 5.74) is 9.33. The number of nitrogens with two attached hydrogens (primary N) is 1. The van der Waals surface area contributed by atoms with Gasteiger partial charge in [0.05, 0.1) is 12.6 Å². The number of hydrogen-bond donors (Lipinski definition) is 2. The van der Waals surface area contributed by atoms with E-state index in [1.165, 1.54) is 24.0 Å². The minimum absolute atomic E-state index is 0.0398. The number of hydrogen-bond acceptors (Lipinski definition) is 3. The minimum atomic E-state index is -0.415. The first kappa shape index (κ1) is 17.7. The van der Waals surface area contributed by atoms with E-state index in [0.29, 0.717) is 19.5 Å². The van der Waals surface area contributed by atoms with E-state index in [-0.39, 0.29) is 18.4 Å². The maximum absolute atomic E-state index is 12.3. The third-order valence-electron chi connectivity index (χ3n) is 5.17. The predicted molar refractivity (Wildman–Crippen MR) is 97.7 cm³/mol. The Morgan fingerprint density at radius 2 is 2.00 bits per heavy atom. The number of carbonyl (C=O) groups excluding carboxylic acids is 2. The molecule has 134 valence electrons. The zero-order valence-corrected chi connectivity index (χ0v) is 14.7. The highest BCUT2D eigenvalue weighted by Gasteiger charge is 2.31. The molecule has 1 aliphatic carbocycles. The number of rotatable bonds is 6. The van der Waals surface area contributed by atoms with Gasteiger partial charge in [0.2, 0.25) is 11.8 Å². The molecule has 25 heavy (non-hydrogen) atoms. The molecule has 3 rings (SSSR count). The van der Waals surface area contributed by atoms with E-state index in [0.717, 1.165) is 24.8 Å². The fourth-order valence-electron chi connectivity index (χ4n) is 3.76. The number of amides is 2. The first-order chi connectivity index (χ1) is 12.1. The molecule has 0 bridgehead atoms. The van der Waals surface area contributed by atoms with Gasteiger partial charge in [-0.1, -0.05) is 35.9 Å². The van der Waals surface area contributed by atoms with Crippen molar-refractivity contribution in [3.63, 3.8) is 0 Å². The zero-order valence-electron chi connectivity index (χ0n) is 14.7. The maximum Gasteiger partial charge on any atom is 0.235 e. The number of benzene rings is 1. The Morgan fingerprint density at radius 1 is 1.20 bits per heavy atom. The molecule has 0 fully saturated rings. The molecule has 0 spiro atoms. The Balaban J connectivity index is 1.54. The topological polar surface area (TPSA) is 75.4 Å². The van der Waals surface area contributed by atoms with Gasteiger partial charge >= 0.3 is 0 Å². The second kappa shape index (κ2) is 8.30. The first-order valence-electron chi connectivity index (χ1n) is 9.18. The quantitative estimate of drug-likeness (QED) is 0.776. The van der Waals surface area contributed by atoms with E-state index in [4.69, 9.17) is 5.73 Å². The van der Waals surface area contributed by atoms with E-state index in [2.05, 4.69) is 11.4 Å². The van der Waals surface area contributed by atoms with E-state index in [1.807, 2.05) is 29.2 Å². The summed E-state index contributed by atoms with van der Waals surface area (Å²) in [5, 5.41) is 2.99. The molecular formula is C20H27N3O2. The van der Waals surface area contributed by atoms with Crippen molar-refractivity contribution >= 4 is 11.8 Å². The van der Waals surface area contributed by atoms with Crippen LogP contribution in [0.2, 0.25) is 0 Å². The van der Waals surface area contributed by atoms with Crippen LogP contribution >= 0.6 is 0 Å². The SMILES string of the molecule is NC(=O)C1Cc2ccccc2CN1CC(=O)NCCC1=CCCCC1. The molecule has 5 nitrogen and oxygen atoms in total. The van der Waals surface area contributed by atoms with Gasteiger partial charge in [0.15, 0.2) is 0 Å². The molecule has 2 amide bonds. The Labute approximate surface area is 149 Å². The summed E-state index contributed by atoms with van der Waals surface area (Å²) in [6.07, 6.45) is 8.66. The molecule has 1 aliphatic heterocycles. The molecule has 1 atom stereocenters. The van der Waals surface area contributed by atoms with Crippen LogP contribution in [-0.4, -0.2) is 35.8 Å². The number of fused-ring (bicyclic) bond motifs is 1. The number of nitrogens with one attached hydrogen (secondary N) is 1. The number of nitrogens with zero attached hydrogens (tertiary/aromatic N) is 1. The molecule has 2 aliphatic rings. The van der Waals surface area contributed by atoms with Gasteiger partial charge in [0.25, 0.3) is 0 Å². The summed E-state index contributed by atoms with van der Waals surface area (Å²) in [5.74, 6) is -0.406. The van der Waals surface area contributed by atoms with Crippen molar-refractivity contribution < 1.29 is 9.59 Å². The van der Waals surface area contributed by atoms with Crippen molar-refractivity contribution in [3.8, 4) is 0 Å². The Hall–Kier alpha value is -2.14. The Bertz CT molecular complexity index is 669. The largest absolute Gasteiger partial charge is 0.368 e. The molecule has 0 saturated carbocycles. The fourth-order valence-corrected chi connectivity index (χ4v) is 3.76. The van der Waals surface area contributed by atoms with Crippen molar-refractivity contribution in [2.75, 3.05) is 13.1 Å². The average molecular weight is 341 g/mol. The summed E-state index contributed by atoms with van der Waals surface area (Å²) < 4.78 is 0. The third kappa shape index (κ3) is 4.69. The van der Waals surface area contributed by atoms with E-state index >= 15 is 0 Å². The summed E-state index contributed by atoms with van der Waals surface area (Å²) in [6.45, 7) is 1.46. The van der Waals surface area contributed by atoms with Crippen molar-refractivity contribution in [2.45, 2.75) is 51.1 Å². The number of primary amides is 1. The Kier molecular flexibility index (Phi) is 5.87. The highest BCUT2D eigenvalue weighted by atomic mass is 16.2. The van der Waals surface area contributed by atoms with Crippen molar-refractivity contribution in [1.82, 2.24) is 10.2 Å². The predicted octanol–water partition coefficient (Wildman–Crippen LogP) is 1.91. The van der Waals surface area contributed by atoms with Gasteiger partial charge < -0.3 is 11.1 Å². The van der Waals surface area contributed by atoms with Gasteiger partial charge in [-0.2, -0.15) is 0 Å². The summed E-state index contributed by atoms with van der Waals surface area (Å²) >= 11 is 0. The molecule has 1 unspecified atom stereocenters. The van der Waals surface area contributed by atoms with E-state index in [9.17, 15) is 9.59 Å².